The molecule has 0 aromatic rings. The van der Waals surface area contributed by atoms with E-state index < -0.39 is 0 Å². The summed E-state index contributed by atoms with van der Waals surface area (Å²) in [6, 6.07) is 0. The highest BCUT2D eigenvalue weighted by molar-refractivity contribution is 8.77. The highest BCUT2D eigenvalue weighted by atomic mass is 33.1. The second kappa shape index (κ2) is 2.62. The van der Waals surface area contributed by atoms with Gasteiger partial charge in [0.2, 0.25) is 0 Å². The summed E-state index contributed by atoms with van der Waals surface area (Å²) in [4.78, 5) is 9.98. The van der Waals surface area contributed by atoms with Gasteiger partial charge in [0.1, 0.15) is 6.29 Å². The molecule has 1 aliphatic rings. The van der Waals surface area contributed by atoms with E-state index in [-0.39, 0.29) is 0 Å². The van der Waals surface area contributed by atoms with Gasteiger partial charge >= 0.3 is 0 Å². The molecule has 0 atom stereocenters. The molecule has 1 aliphatic heterocycles. The summed E-state index contributed by atoms with van der Waals surface area (Å²) >= 11 is 0. The van der Waals surface area contributed by atoms with E-state index in [2.05, 4.69) is 0 Å². The number of carbonyl (C=O) groups is 1. The Morgan fingerprint density at radius 3 is 2.29 bits per heavy atom. The quantitative estimate of drug-likeness (QED) is 0.396. The van der Waals surface area contributed by atoms with Gasteiger partial charge in [0.05, 0.1) is 0 Å². The fourth-order valence-electron chi connectivity index (χ4n) is 0.398. The fraction of sp³-hybridized carbons (Fsp3) is 0.750. The van der Waals surface area contributed by atoms with E-state index >= 15 is 0 Å². The van der Waals surface area contributed by atoms with Crippen molar-refractivity contribution in [2.24, 2.45) is 5.92 Å². The van der Waals surface area contributed by atoms with Gasteiger partial charge < -0.3 is 4.79 Å². The molecule has 0 unspecified atom stereocenters. The summed E-state index contributed by atoms with van der Waals surface area (Å²) in [5, 5.41) is 0. The predicted molar refractivity (Wildman–Crippen MR) is 34.5 cm³/mol. The molecule has 40 valence electrons. The Morgan fingerprint density at radius 1 is 1.43 bits per heavy atom. The largest absolute Gasteiger partial charge is 0.303 e. The van der Waals surface area contributed by atoms with Crippen molar-refractivity contribution in [3.05, 3.63) is 0 Å². The van der Waals surface area contributed by atoms with Crippen molar-refractivity contribution in [1.29, 1.82) is 0 Å². The average molecular weight is 134 g/mol. The molecule has 1 heterocycles. The third-order valence-electron chi connectivity index (χ3n) is 0.840. The summed E-state index contributed by atoms with van der Waals surface area (Å²) in [5.41, 5.74) is 0. The van der Waals surface area contributed by atoms with E-state index in [1.54, 1.807) is 21.6 Å². The van der Waals surface area contributed by atoms with Crippen LogP contribution in [-0.2, 0) is 4.79 Å². The molecule has 1 saturated heterocycles. The number of carbonyl (C=O) groups excluding carboxylic acids is 1. The van der Waals surface area contributed by atoms with Crippen molar-refractivity contribution in [3.63, 3.8) is 0 Å². The third kappa shape index (κ3) is 1.39. The second-order valence-corrected chi connectivity index (χ2v) is 4.02. The Kier molecular flexibility index (Phi) is 2.06. The van der Waals surface area contributed by atoms with Gasteiger partial charge in [-0.05, 0) is 0 Å². The minimum absolute atomic E-state index is 0.343. The minimum atomic E-state index is 0.343. The van der Waals surface area contributed by atoms with Crippen molar-refractivity contribution in [2.75, 3.05) is 11.5 Å². The monoisotopic (exact) mass is 134 g/mol. The summed E-state index contributed by atoms with van der Waals surface area (Å²) < 4.78 is 0. The van der Waals surface area contributed by atoms with E-state index in [4.69, 9.17) is 0 Å². The molecule has 1 nitrogen and oxygen atoms in total. The fourth-order valence-corrected chi connectivity index (χ4v) is 3.11. The minimum Gasteiger partial charge on any atom is -0.303 e. The van der Waals surface area contributed by atoms with Crippen molar-refractivity contribution in [2.45, 2.75) is 0 Å². The zero-order chi connectivity index (χ0) is 5.11. The number of hydrogen-bond acceptors (Lipinski definition) is 3. The zero-order valence-electron chi connectivity index (χ0n) is 3.79. The lowest BCUT2D eigenvalue weighted by atomic mass is 10.3. The molecular formula is C4H6OS2. The van der Waals surface area contributed by atoms with E-state index in [1.807, 2.05) is 0 Å². The molecule has 0 bridgehead atoms. The molecule has 1 rings (SSSR count). The first-order valence-corrected chi connectivity index (χ1v) is 4.62. The van der Waals surface area contributed by atoms with Crippen LogP contribution in [0.5, 0.6) is 0 Å². The van der Waals surface area contributed by atoms with Crippen LogP contribution < -0.4 is 0 Å². The lowest BCUT2D eigenvalue weighted by Crippen LogP contribution is -2.00. The Hall–Kier alpha value is 0.370. The number of aldehydes is 1. The van der Waals surface area contributed by atoms with Crippen LogP contribution in [0.3, 0.4) is 0 Å². The van der Waals surface area contributed by atoms with Gasteiger partial charge in [-0.1, -0.05) is 21.6 Å². The van der Waals surface area contributed by atoms with Crippen LogP contribution in [0.15, 0.2) is 0 Å². The molecule has 0 N–H and O–H groups in total. The van der Waals surface area contributed by atoms with E-state index in [1.165, 1.54) is 0 Å². The molecule has 7 heavy (non-hydrogen) atoms. The average Bonchev–Trinajstić information content (AvgIpc) is 2.14. The number of hydrogen-bond donors (Lipinski definition) is 0. The highest BCUT2D eigenvalue weighted by Gasteiger charge is 2.13. The van der Waals surface area contributed by atoms with Gasteiger partial charge in [0.25, 0.3) is 0 Å². The predicted octanol–water partition coefficient (Wildman–Crippen LogP) is 1.20. The lowest BCUT2D eigenvalue weighted by molar-refractivity contribution is -0.109. The maximum Gasteiger partial charge on any atom is 0.124 e. The molecule has 0 amide bonds. The standard InChI is InChI=1S/C4H6OS2/c5-1-4-2-6-7-3-4/h1,4H,2-3H2. The van der Waals surface area contributed by atoms with E-state index in [0.29, 0.717) is 5.92 Å². The Balaban J connectivity index is 2.26. The summed E-state index contributed by atoms with van der Waals surface area (Å²) in [6.45, 7) is 0. The first-order chi connectivity index (χ1) is 3.43. The van der Waals surface area contributed by atoms with Crippen LogP contribution in [0.25, 0.3) is 0 Å². The van der Waals surface area contributed by atoms with Gasteiger partial charge in [0.15, 0.2) is 0 Å². The first-order valence-electron chi connectivity index (χ1n) is 2.13. The van der Waals surface area contributed by atoms with Gasteiger partial charge in [-0.2, -0.15) is 0 Å². The molecule has 0 aromatic carbocycles. The van der Waals surface area contributed by atoms with Crippen LogP contribution in [0, 0.1) is 5.92 Å². The molecule has 1 fully saturated rings. The summed E-state index contributed by atoms with van der Waals surface area (Å²) in [7, 11) is 3.58. The molecule has 0 aromatic heterocycles. The maximum absolute atomic E-state index is 9.98. The summed E-state index contributed by atoms with van der Waals surface area (Å²) in [6.07, 6.45) is 1.05. The lowest BCUT2D eigenvalue weighted by Gasteiger charge is -1.87. The van der Waals surface area contributed by atoms with Crippen LogP contribution in [-0.4, -0.2) is 17.8 Å². The Labute approximate surface area is 50.6 Å². The van der Waals surface area contributed by atoms with Crippen molar-refractivity contribution >= 4 is 27.9 Å². The van der Waals surface area contributed by atoms with Crippen LogP contribution >= 0.6 is 21.6 Å². The molecule has 3 heteroatoms. The van der Waals surface area contributed by atoms with Crippen molar-refractivity contribution in [3.8, 4) is 0 Å². The molecule has 0 aliphatic carbocycles. The Morgan fingerprint density at radius 2 is 2.00 bits per heavy atom. The number of rotatable bonds is 1. The normalized spacial score (nSPS) is 22.9. The third-order valence-corrected chi connectivity index (χ3v) is 3.45. The van der Waals surface area contributed by atoms with Gasteiger partial charge in [-0.3, -0.25) is 0 Å². The van der Waals surface area contributed by atoms with Gasteiger partial charge in [-0.15, -0.1) is 0 Å². The van der Waals surface area contributed by atoms with E-state index in [9.17, 15) is 4.79 Å². The smallest absolute Gasteiger partial charge is 0.124 e. The molecule has 0 spiro atoms. The molecule has 0 saturated carbocycles. The first kappa shape index (κ1) is 5.51. The maximum atomic E-state index is 9.98. The van der Waals surface area contributed by atoms with Crippen molar-refractivity contribution in [1.82, 2.24) is 0 Å². The van der Waals surface area contributed by atoms with Crippen LogP contribution in [0.2, 0.25) is 0 Å². The summed E-state index contributed by atoms with van der Waals surface area (Å²) in [5.74, 6) is 2.39. The van der Waals surface area contributed by atoms with Crippen LogP contribution in [0.1, 0.15) is 0 Å². The molecule has 0 radical (unpaired) electrons. The highest BCUT2D eigenvalue weighted by Crippen LogP contribution is 2.33. The van der Waals surface area contributed by atoms with Crippen molar-refractivity contribution < 1.29 is 4.79 Å². The van der Waals surface area contributed by atoms with Gasteiger partial charge in [0, 0.05) is 17.4 Å². The topological polar surface area (TPSA) is 17.1 Å². The van der Waals surface area contributed by atoms with Gasteiger partial charge in [-0.25, -0.2) is 0 Å². The molecular weight excluding hydrogens is 128 g/mol. The Bertz CT molecular complexity index is 68.1. The zero-order valence-corrected chi connectivity index (χ0v) is 5.43. The second-order valence-electron chi connectivity index (χ2n) is 1.47. The van der Waals surface area contributed by atoms with Crippen LogP contribution in [0.4, 0.5) is 0 Å². The van der Waals surface area contributed by atoms with E-state index in [0.717, 1.165) is 17.8 Å². The SMILES string of the molecule is O=CC1CSSC1.